The molecule has 0 radical (unpaired) electrons. The van der Waals surface area contributed by atoms with Gasteiger partial charge in [-0.15, -0.1) is 0 Å². The molecule has 0 bridgehead atoms. The van der Waals surface area contributed by atoms with E-state index in [1.54, 1.807) is 7.11 Å². The summed E-state index contributed by atoms with van der Waals surface area (Å²) in [6.07, 6.45) is 4.26. The fourth-order valence-electron chi connectivity index (χ4n) is 5.15. The molecular weight excluding hydrogens is 362 g/mol. The molecule has 2 aliphatic rings. The number of para-hydroxylation sites is 1. The van der Waals surface area contributed by atoms with Gasteiger partial charge in [-0.05, 0) is 42.3 Å². The average Bonchev–Trinajstić information content (AvgIpc) is 3.24. The van der Waals surface area contributed by atoms with Crippen molar-refractivity contribution in [1.82, 2.24) is 4.98 Å². The highest BCUT2D eigenvalue weighted by atomic mass is 16.5. The second-order valence-corrected chi connectivity index (χ2v) is 8.12. The highest BCUT2D eigenvalue weighted by Crippen LogP contribution is 2.45. The molecule has 5 rings (SSSR count). The summed E-state index contributed by atoms with van der Waals surface area (Å²) in [6.45, 7) is 3.86. The molecule has 2 aromatic carbocycles. The minimum atomic E-state index is -0.706. The van der Waals surface area contributed by atoms with Gasteiger partial charge in [0.05, 0.1) is 30.6 Å². The number of quaternary nitrogens is 1. The zero-order valence-corrected chi connectivity index (χ0v) is 17.1. The smallest absolute Gasteiger partial charge is 0.299 e. The Morgan fingerprint density at radius 1 is 1.21 bits per heavy atom. The third-order valence-corrected chi connectivity index (χ3v) is 6.54. The molecule has 3 heterocycles. The number of nitrogens with two attached hydrogens (primary N) is 1. The molecule has 3 aromatic rings. The van der Waals surface area contributed by atoms with Gasteiger partial charge in [-0.25, -0.2) is 0 Å². The van der Waals surface area contributed by atoms with Gasteiger partial charge in [0.25, 0.3) is 5.91 Å². The number of H-pyrrole nitrogens is 1. The number of carbonyl (C=O) groups excluding carboxylic acids is 1. The maximum absolute atomic E-state index is 13.9. The van der Waals surface area contributed by atoms with Gasteiger partial charge in [-0.1, -0.05) is 31.9 Å². The van der Waals surface area contributed by atoms with E-state index in [9.17, 15) is 4.79 Å². The van der Waals surface area contributed by atoms with E-state index in [1.807, 2.05) is 17.0 Å². The maximum atomic E-state index is 13.9. The van der Waals surface area contributed by atoms with Crippen LogP contribution in [0.4, 0.5) is 5.69 Å². The number of hydrogen-bond acceptors (Lipinski definition) is 2. The Bertz CT molecular complexity index is 1090. The fraction of sp³-hybridized carbons (Fsp3) is 0.375. The van der Waals surface area contributed by atoms with Crippen LogP contribution in [-0.4, -0.2) is 31.1 Å². The van der Waals surface area contributed by atoms with Gasteiger partial charge in [-0.2, -0.15) is 0 Å². The standard InChI is InChI=1S/C24H27N3O2/c1-3-4-7-14-27-21-9-6-5-8-19(21)24(23(27)28)22-17(12-13-25-24)18-15-16(29-2)10-11-20(18)26-22/h5-6,8-11,15,25-26H,3-4,7,12-14H2,1-2H3/p+1/t24-/m1/s1. The number of rotatable bonds is 5. The van der Waals surface area contributed by atoms with Crippen LogP contribution >= 0.6 is 0 Å². The molecule has 5 nitrogen and oxygen atoms in total. The topological polar surface area (TPSA) is 61.9 Å². The summed E-state index contributed by atoms with van der Waals surface area (Å²) in [4.78, 5) is 19.6. The van der Waals surface area contributed by atoms with Gasteiger partial charge in [0.1, 0.15) is 5.75 Å². The molecule has 0 saturated carbocycles. The van der Waals surface area contributed by atoms with E-state index in [2.05, 4.69) is 47.6 Å². The lowest BCUT2D eigenvalue weighted by molar-refractivity contribution is -0.714. The summed E-state index contributed by atoms with van der Waals surface area (Å²) in [6, 6.07) is 14.4. The number of amides is 1. The predicted octanol–water partition coefficient (Wildman–Crippen LogP) is 3.08. The zero-order valence-electron chi connectivity index (χ0n) is 17.1. The zero-order chi connectivity index (χ0) is 20.0. The Kier molecular flexibility index (Phi) is 4.36. The van der Waals surface area contributed by atoms with Crippen molar-refractivity contribution < 1.29 is 14.8 Å². The van der Waals surface area contributed by atoms with Crippen molar-refractivity contribution >= 4 is 22.5 Å². The van der Waals surface area contributed by atoms with Crippen LogP contribution in [0.5, 0.6) is 5.75 Å². The second kappa shape index (κ2) is 6.92. The Morgan fingerprint density at radius 2 is 2.07 bits per heavy atom. The lowest BCUT2D eigenvalue weighted by atomic mass is 9.82. The fourth-order valence-corrected chi connectivity index (χ4v) is 5.15. The molecule has 0 fully saturated rings. The van der Waals surface area contributed by atoms with Gasteiger partial charge < -0.3 is 19.9 Å². The van der Waals surface area contributed by atoms with Gasteiger partial charge in [0.2, 0.25) is 5.54 Å². The molecule has 0 aliphatic carbocycles. The number of aromatic amines is 1. The molecule has 1 atom stereocenters. The van der Waals surface area contributed by atoms with E-state index >= 15 is 0 Å². The molecule has 2 aliphatic heterocycles. The normalized spacial score (nSPS) is 20.3. The minimum absolute atomic E-state index is 0.189. The first kappa shape index (κ1) is 18.3. The molecule has 1 spiro atoms. The molecule has 5 heteroatoms. The summed E-state index contributed by atoms with van der Waals surface area (Å²) >= 11 is 0. The van der Waals surface area contributed by atoms with E-state index in [-0.39, 0.29) is 5.91 Å². The lowest BCUT2D eigenvalue weighted by Gasteiger charge is -2.30. The number of nitrogens with zero attached hydrogens (tertiary/aromatic N) is 1. The molecule has 150 valence electrons. The van der Waals surface area contributed by atoms with Crippen LogP contribution in [0.1, 0.15) is 43.0 Å². The van der Waals surface area contributed by atoms with E-state index < -0.39 is 5.54 Å². The molecule has 1 aromatic heterocycles. The quantitative estimate of drug-likeness (QED) is 0.658. The Balaban J connectivity index is 1.69. The first-order valence-corrected chi connectivity index (χ1v) is 10.7. The lowest BCUT2D eigenvalue weighted by Crippen LogP contribution is -2.99. The summed E-state index contributed by atoms with van der Waals surface area (Å²) in [5.74, 6) is 1.04. The minimum Gasteiger partial charge on any atom is -0.497 e. The van der Waals surface area contributed by atoms with E-state index in [4.69, 9.17) is 4.74 Å². The van der Waals surface area contributed by atoms with Gasteiger partial charge >= 0.3 is 0 Å². The van der Waals surface area contributed by atoms with Crippen LogP contribution in [0.15, 0.2) is 42.5 Å². The maximum Gasteiger partial charge on any atom is 0.299 e. The summed E-state index contributed by atoms with van der Waals surface area (Å²) in [5, 5.41) is 3.41. The second-order valence-electron chi connectivity index (χ2n) is 8.12. The molecule has 0 saturated heterocycles. The number of unbranched alkanes of at least 4 members (excludes halogenated alkanes) is 2. The van der Waals surface area contributed by atoms with E-state index in [0.717, 1.165) is 67.0 Å². The number of aromatic nitrogens is 1. The monoisotopic (exact) mass is 390 g/mol. The summed E-state index contributed by atoms with van der Waals surface area (Å²) in [5.41, 5.74) is 4.83. The van der Waals surface area contributed by atoms with Gasteiger partial charge in [0, 0.05) is 23.9 Å². The molecule has 3 N–H and O–H groups in total. The van der Waals surface area contributed by atoms with Crippen LogP contribution in [0.3, 0.4) is 0 Å². The third kappa shape index (κ3) is 2.53. The number of benzene rings is 2. The number of methoxy groups -OCH3 is 1. The first-order valence-electron chi connectivity index (χ1n) is 10.7. The number of ether oxygens (including phenoxy) is 1. The largest absolute Gasteiger partial charge is 0.497 e. The van der Waals surface area contributed by atoms with Crippen molar-refractivity contribution in [3.8, 4) is 5.75 Å². The predicted molar refractivity (Wildman–Crippen MR) is 114 cm³/mol. The van der Waals surface area contributed by atoms with Crippen LogP contribution in [0.25, 0.3) is 10.9 Å². The summed E-state index contributed by atoms with van der Waals surface area (Å²) < 4.78 is 5.45. The van der Waals surface area contributed by atoms with Crippen molar-refractivity contribution in [3.05, 3.63) is 59.3 Å². The number of carbonyl (C=O) groups is 1. The Labute approximate surface area is 171 Å². The van der Waals surface area contributed by atoms with E-state index in [1.165, 1.54) is 10.9 Å². The van der Waals surface area contributed by atoms with Crippen LogP contribution in [-0.2, 0) is 16.8 Å². The van der Waals surface area contributed by atoms with Crippen LogP contribution < -0.4 is 15.0 Å². The van der Waals surface area contributed by atoms with Crippen LogP contribution in [0, 0.1) is 0 Å². The highest BCUT2D eigenvalue weighted by Gasteiger charge is 2.58. The van der Waals surface area contributed by atoms with Crippen molar-refractivity contribution in [2.24, 2.45) is 0 Å². The van der Waals surface area contributed by atoms with Crippen LogP contribution in [0.2, 0.25) is 0 Å². The number of nitrogens with one attached hydrogen (secondary N) is 1. The Hall–Kier alpha value is -2.79. The van der Waals surface area contributed by atoms with E-state index in [0.29, 0.717) is 0 Å². The third-order valence-electron chi connectivity index (χ3n) is 6.54. The van der Waals surface area contributed by atoms with Crippen molar-refractivity contribution in [1.29, 1.82) is 0 Å². The molecule has 29 heavy (non-hydrogen) atoms. The van der Waals surface area contributed by atoms with Gasteiger partial charge in [-0.3, -0.25) is 4.79 Å². The molecule has 1 amide bonds. The summed E-state index contributed by atoms with van der Waals surface area (Å²) in [7, 11) is 1.69. The van der Waals surface area contributed by atoms with Gasteiger partial charge in [0.15, 0.2) is 0 Å². The Morgan fingerprint density at radius 3 is 2.90 bits per heavy atom. The SMILES string of the molecule is CCCCCN1C(=O)[C@@]2([NH2+]CCc3c2[nH]c2ccc(OC)cc32)c2ccccc21. The molecule has 0 unspecified atom stereocenters. The number of anilines is 1. The van der Waals surface area contributed by atoms with Crippen molar-refractivity contribution in [2.75, 3.05) is 25.1 Å². The number of fused-ring (bicyclic) bond motifs is 6. The first-order chi connectivity index (χ1) is 14.2. The average molecular weight is 391 g/mol. The van der Waals surface area contributed by atoms with Crippen molar-refractivity contribution in [3.63, 3.8) is 0 Å². The highest BCUT2D eigenvalue weighted by molar-refractivity contribution is 6.09. The molecular formula is C24H28N3O2+. The number of hydrogen-bond donors (Lipinski definition) is 2. The van der Waals surface area contributed by atoms with Crippen molar-refractivity contribution in [2.45, 2.75) is 38.1 Å².